The number of piperidine rings is 1. The first-order chi connectivity index (χ1) is 18.0. The Hall–Kier alpha value is -3.59. The number of nitrogens with one attached hydrogen (secondary N) is 2. The van der Waals surface area contributed by atoms with Crippen LogP contribution in [0.1, 0.15) is 47.1 Å². The smallest absolute Gasteiger partial charge is 0.270 e. The van der Waals surface area contributed by atoms with E-state index in [9.17, 15) is 10.1 Å². The third-order valence-corrected chi connectivity index (χ3v) is 7.42. The van der Waals surface area contributed by atoms with E-state index < -0.39 is 0 Å². The quantitative estimate of drug-likeness (QED) is 0.316. The van der Waals surface area contributed by atoms with Crippen LogP contribution >= 0.6 is 11.3 Å². The highest BCUT2D eigenvalue weighted by Crippen LogP contribution is 2.26. The van der Waals surface area contributed by atoms with E-state index in [2.05, 4.69) is 30.5 Å². The lowest BCUT2D eigenvalue weighted by molar-refractivity contribution is 0.0930. The Morgan fingerprint density at radius 2 is 2.16 bits per heavy atom. The van der Waals surface area contributed by atoms with Gasteiger partial charge in [0.25, 0.3) is 5.91 Å². The standard InChI is InChI=1S/C26H32N8O2S/c1-17(7-11-35)32-24-20(13-27)21(28)12-23(33-24)25(36)30-14-18-5-9-34(10-6-18)16-19-15-31-26(37-19)22-4-2-3-8-29-22/h2-4,8,12,15,17-18,35H,5-7,9-11,14,16H2,1H3,(H,30,36)(H3,28,32,33)/t17-/m0/s1. The molecule has 3 aromatic rings. The molecule has 10 nitrogen and oxygen atoms in total. The SMILES string of the molecule is C[C@@H](CCO)Nc1nc(C(=O)NCC2CCN(Cc3cnc(-c4ccccn4)s3)CC2)cc(N)c1C#N. The Labute approximate surface area is 220 Å². The number of aliphatic hydroxyl groups excluding tert-OH is 1. The number of likely N-dealkylation sites (tertiary alicyclic amines) is 1. The molecule has 0 bridgehead atoms. The minimum absolute atomic E-state index is 0.000942. The van der Waals surface area contributed by atoms with Crippen LogP contribution in [0.5, 0.6) is 0 Å². The fourth-order valence-corrected chi connectivity index (χ4v) is 5.22. The second kappa shape index (κ2) is 12.6. The predicted octanol–water partition coefficient (Wildman–Crippen LogP) is 2.88. The molecule has 194 valence electrons. The number of aliphatic hydroxyl groups is 1. The van der Waals surface area contributed by atoms with E-state index >= 15 is 0 Å². The molecule has 1 aliphatic heterocycles. The number of nitrogen functional groups attached to an aromatic ring is 1. The van der Waals surface area contributed by atoms with Gasteiger partial charge in [0.1, 0.15) is 28.2 Å². The van der Waals surface area contributed by atoms with Crippen molar-refractivity contribution < 1.29 is 9.90 Å². The molecule has 1 atom stereocenters. The van der Waals surface area contributed by atoms with Gasteiger partial charge in [0.05, 0.1) is 11.4 Å². The summed E-state index contributed by atoms with van der Waals surface area (Å²) in [6.45, 7) is 5.20. The molecule has 5 N–H and O–H groups in total. The molecule has 0 aliphatic carbocycles. The summed E-state index contributed by atoms with van der Waals surface area (Å²) >= 11 is 1.68. The maximum atomic E-state index is 12.8. The molecule has 1 aliphatic rings. The average molecular weight is 521 g/mol. The summed E-state index contributed by atoms with van der Waals surface area (Å²) in [5.41, 5.74) is 7.49. The predicted molar refractivity (Wildman–Crippen MR) is 144 cm³/mol. The molecule has 0 saturated carbocycles. The number of pyridine rings is 2. The van der Waals surface area contributed by atoms with Gasteiger partial charge in [-0.2, -0.15) is 5.26 Å². The Morgan fingerprint density at radius 1 is 1.35 bits per heavy atom. The van der Waals surface area contributed by atoms with Crippen LogP contribution in [-0.4, -0.2) is 63.1 Å². The molecule has 0 spiro atoms. The highest BCUT2D eigenvalue weighted by Gasteiger charge is 2.22. The Kier molecular flexibility index (Phi) is 9.00. The van der Waals surface area contributed by atoms with Gasteiger partial charge in [-0.25, -0.2) is 9.97 Å². The van der Waals surface area contributed by atoms with Gasteiger partial charge in [-0.15, -0.1) is 11.3 Å². The van der Waals surface area contributed by atoms with Gasteiger partial charge < -0.3 is 21.5 Å². The van der Waals surface area contributed by atoms with E-state index in [1.54, 1.807) is 17.5 Å². The number of carbonyl (C=O) groups excluding carboxylic acids is 1. The van der Waals surface area contributed by atoms with E-state index in [-0.39, 0.29) is 41.3 Å². The molecule has 11 heteroatoms. The Bertz CT molecular complexity index is 1240. The van der Waals surface area contributed by atoms with Crippen LogP contribution in [0.4, 0.5) is 11.5 Å². The summed E-state index contributed by atoms with van der Waals surface area (Å²) in [5.74, 6) is 0.322. The van der Waals surface area contributed by atoms with Crippen LogP contribution in [0.3, 0.4) is 0 Å². The highest BCUT2D eigenvalue weighted by atomic mass is 32.1. The summed E-state index contributed by atoms with van der Waals surface area (Å²) < 4.78 is 0. The molecule has 37 heavy (non-hydrogen) atoms. The molecule has 1 amide bonds. The Balaban J connectivity index is 1.27. The van der Waals surface area contributed by atoms with Crippen molar-refractivity contribution in [2.75, 3.05) is 37.3 Å². The summed E-state index contributed by atoms with van der Waals surface area (Å²) in [4.78, 5) is 29.7. The van der Waals surface area contributed by atoms with Crippen LogP contribution < -0.4 is 16.4 Å². The number of hydrogen-bond donors (Lipinski definition) is 4. The zero-order chi connectivity index (χ0) is 26.2. The van der Waals surface area contributed by atoms with Crippen LogP contribution in [0, 0.1) is 17.2 Å². The fraction of sp³-hybridized carbons (Fsp3) is 0.423. The van der Waals surface area contributed by atoms with Gasteiger partial charge in [0.15, 0.2) is 0 Å². The van der Waals surface area contributed by atoms with E-state index in [0.29, 0.717) is 18.9 Å². The number of thiazole rings is 1. The molecular formula is C26H32N8O2S. The van der Waals surface area contributed by atoms with E-state index in [0.717, 1.165) is 43.2 Å². The molecule has 4 heterocycles. The fourth-order valence-electron chi connectivity index (χ4n) is 4.29. The van der Waals surface area contributed by atoms with Crippen molar-refractivity contribution in [1.82, 2.24) is 25.2 Å². The summed E-state index contributed by atoms with van der Waals surface area (Å²) in [6, 6.07) is 9.19. The Morgan fingerprint density at radius 3 is 2.86 bits per heavy atom. The van der Waals surface area contributed by atoms with Gasteiger partial charge in [0.2, 0.25) is 0 Å². The first kappa shape index (κ1) is 26.5. The lowest BCUT2D eigenvalue weighted by atomic mass is 9.96. The average Bonchev–Trinajstić information content (AvgIpc) is 3.37. The molecule has 3 aromatic heterocycles. The molecule has 0 aromatic carbocycles. The van der Waals surface area contributed by atoms with Gasteiger partial charge in [-0.1, -0.05) is 6.07 Å². The number of nitrogens with two attached hydrogens (primary N) is 1. The minimum atomic E-state index is -0.316. The first-order valence-corrected chi connectivity index (χ1v) is 13.2. The zero-order valence-electron chi connectivity index (χ0n) is 20.9. The van der Waals surface area contributed by atoms with Crippen LogP contribution in [0.25, 0.3) is 10.7 Å². The number of anilines is 2. The molecule has 1 fully saturated rings. The van der Waals surface area contributed by atoms with Crippen molar-refractivity contribution in [2.24, 2.45) is 5.92 Å². The normalized spacial score (nSPS) is 15.2. The zero-order valence-corrected chi connectivity index (χ0v) is 21.7. The number of amides is 1. The second-order valence-electron chi connectivity index (χ2n) is 9.27. The van der Waals surface area contributed by atoms with Crippen LogP contribution in [-0.2, 0) is 6.54 Å². The number of aromatic nitrogens is 3. The molecule has 0 radical (unpaired) electrons. The summed E-state index contributed by atoms with van der Waals surface area (Å²) in [7, 11) is 0. The number of rotatable bonds is 10. The second-order valence-corrected chi connectivity index (χ2v) is 10.4. The van der Waals surface area contributed by atoms with Crippen molar-refractivity contribution in [3.05, 3.63) is 52.8 Å². The molecule has 1 saturated heterocycles. The number of nitrogens with zero attached hydrogens (tertiary/aromatic N) is 5. The van der Waals surface area contributed by atoms with E-state index in [1.807, 2.05) is 37.4 Å². The largest absolute Gasteiger partial charge is 0.397 e. The van der Waals surface area contributed by atoms with Gasteiger partial charge in [-0.3, -0.25) is 14.7 Å². The third-order valence-electron chi connectivity index (χ3n) is 6.42. The van der Waals surface area contributed by atoms with Crippen molar-refractivity contribution >= 4 is 28.7 Å². The van der Waals surface area contributed by atoms with Crippen molar-refractivity contribution in [1.29, 1.82) is 5.26 Å². The monoisotopic (exact) mass is 520 g/mol. The number of hydrogen-bond acceptors (Lipinski definition) is 10. The third kappa shape index (κ3) is 7.01. The maximum Gasteiger partial charge on any atom is 0.270 e. The molecular weight excluding hydrogens is 488 g/mol. The summed E-state index contributed by atoms with van der Waals surface area (Å²) in [5, 5.41) is 25.6. The lowest BCUT2D eigenvalue weighted by Gasteiger charge is -2.31. The van der Waals surface area contributed by atoms with Crippen LogP contribution in [0.2, 0.25) is 0 Å². The van der Waals surface area contributed by atoms with Crippen LogP contribution in [0.15, 0.2) is 36.7 Å². The minimum Gasteiger partial charge on any atom is -0.397 e. The van der Waals surface area contributed by atoms with E-state index in [4.69, 9.17) is 10.8 Å². The molecule has 0 unspecified atom stereocenters. The number of nitriles is 1. The van der Waals surface area contributed by atoms with Gasteiger partial charge >= 0.3 is 0 Å². The lowest BCUT2D eigenvalue weighted by Crippen LogP contribution is -2.38. The topological polar surface area (TPSA) is 153 Å². The molecule has 4 rings (SSSR count). The summed E-state index contributed by atoms with van der Waals surface area (Å²) in [6.07, 6.45) is 6.17. The van der Waals surface area contributed by atoms with Crippen molar-refractivity contribution in [2.45, 2.75) is 38.8 Å². The van der Waals surface area contributed by atoms with Gasteiger partial charge in [-0.05, 0) is 63.4 Å². The van der Waals surface area contributed by atoms with Gasteiger partial charge in [0, 0.05) is 43.0 Å². The maximum absolute atomic E-state index is 12.8. The first-order valence-electron chi connectivity index (χ1n) is 12.4. The van der Waals surface area contributed by atoms with Crippen molar-refractivity contribution in [3.63, 3.8) is 0 Å². The van der Waals surface area contributed by atoms with Crippen molar-refractivity contribution in [3.8, 4) is 16.8 Å². The highest BCUT2D eigenvalue weighted by molar-refractivity contribution is 7.14. The van der Waals surface area contributed by atoms with E-state index in [1.165, 1.54) is 10.9 Å². The number of carbonyl (C=O) groups is 1.